The number of ether oxygens (including phenoxy) is 1. The summed E-state index contributed by atoms with van der Waals surface area (Å²) < 4.78 is 34.9. The summed E-state index contributed by atoms with van der Waals surface area (Å²) in [7, 11) is -4.01. The van der Waals surface area contributed by atoms with Gasteiger partial charge in [0.15, 0.2) is 0 Å². The molecule has 9 N–H and O–H groups in total. The maximum atomic E-state index is 13.4. The number of aromatic nitrogens is 2. The van der Waals surface area contributed by atoms with Gasteiger partial charge in [0.25, 0.3) is 0 Å². The summed E-state index contributed by atoms with van der Waals surface area (Å²) in [4.78, 5) is 42.8. The van der Waals surface area contributed by atoms with Gasteiger partial charge in [-0.25, -0.2) is 27.7 Å². The van der Waals surface area contributed by atoms with Gasteiger partial charge >= 0.3 is 12.2 Å². The number of carboxylic acid groups (broad SMARTS) is 1. The second-order valence-corrected chi connectivity index (χ2v) is 13.2. The number of hydrogen-bond acceptors (Lipinski definition) is 8. The Bertz CT molecular complexity index is 1570. The average molecular weight is 632 g/mol. The lowest BCUT2D eigenvalue weighted by Crippen LogP contribution is -2.58. The average Bonchev–Trinajstić information content (AvgIpc) is 3.34. The Morgan fingerprint density at radius 2 is 1.82 bits per heavy atom. The summed E-state index contributed by atoms with van der Waals surface area (Å²) in [6.45, 7) is 7.23. The van der Waals surface area contributed by atoms with Crippen molar-refractivity contribution in [1.82, 2.24) is 25.3 Å². The first-order chi connectivity index (χ1) is 20.6. The fraction of sp³-hybridized carbons (Fsp3) is 0.448. The van der Waals surface area contributed by atoms with E-state index in [4.69, 9.17) is 16.2 Å². The molecule has 2 aromatic heterocycles. The van der Waals surface area contributed by atoms with Crippen LogP contribution in [0.1, 0.15) is 39.8 Å². The highest BCUT2D eigenvalue weighted by Crippen LogP contribution is 2.30. The SMILES string of the molecule is CC(C)CC(CNS(=O)(=O)c1ccc(-c2ccnc3[nH]c(CC(N)=O)cc23)cc1)C(NC(=O)O)C(C)(C)OC(=O)NCCN. The van der Waals surface area contributed by atoms with Crippen LogP contribution in [-0.4, -0.2) is 72.9 Å². The van der Waals surface area contributed by atoms with Gasteiger partial charge in [0.05, 0.1) is 17.4 Å². The van der Waals surface area contributed by atoms with Gasteiger partial charge in [-0.2, -0.15) is 0 Å². The molecule has 44 heavy (non-hydrogen) atoms. The second-order valence-electron chi connectivity index (χ2n) is 11.5. The number of carbonyl (C=O) groups excluding carboxylic acids is 2. The van der Waals surface area contributed by atoms with Gasteiger partial charge < -0.3 is 36.9 Å². The number of rotatable bonds is 15. The molecule has 2 unspecified atom stereocenters. The minimum absolute atomic E-state index is 0.0118. The number of pyridine rings is 1. The first-order valence-electron chi connectivity index (χ1n) is 14.1. The third-order valence-electron chi connectivity index (χ3n) is 7.01. The number of amides is 3. The molecule has 14 nitrogen and oxygen atoms in total. The number of H-pyrrole nitrogens is 1. The van der Waals surface area contributed by atoms with E-state index in [1.54, 1.807) is 44.3 Å². The number of alkyl carbamates (subject to hydrolysis) is 1. The maximum absolute atomic E-state index is 13.4. The summed E-state index contributed by atoms with van der Waals surface area (Å²) in [6, 6.07) is 8.91. The van der Waals surface area contributed by atoms with Crippen molar-refractivity contribution >= 4 is 39.2 Å². The predicted octanol–water partition coefficient (Wildman–Crippen LogP) is 2.30. The van der Waals surface area contributed by atoms with Gasteiger partial charge in [-0.3, -0.25) is 4.79 Å². The minimum atomic E-state index is -4.01. The maximum Gasteiger partial charge on any atom is 0.407 e. The Balaban J connectivity index is 1.83. The van der Waals surface area contributed by atoms with E-state index < -0.39 is 45.7 Å². The van der Waals surface area contributed by atoms with Crippen molar-refractivity contribution in [2.75, 3.05) is 19.6 Å². The minimum Gasteiger partial charge on any atom is -0.465 e. The number of nitrogens with two attached hydrogens (primary N) is 2. The summed E-state index contributed by atoms with van der Waals surface area (Å²) in [5.41, 5.74) is 12.1. The second kappa shape index (κ2) is 14.5. The molecule has 0 aliphatic rings. The van der Waals surface area contributed by atoms with Gasteiger partial charge in [-0.05, 0) is 67.5 Å². The van der Waals surface area contributed by atoms with Crippen LogP contribution in [0.4, 0.5) is 9.59 Å². The van der Waals surface area contributed by atoms with Crippen molar-refractivity contribution in [3.05, 3.63) is 48.3 Å². The monoisotopic (exact) mass is 631 g/mol. The van der Waals surface area contributed by atoms with Crippen molar-refractivity contribution in [3.8, 4) is 11.1 Å². The van der Waals surface area contributed by atoms with E-state index in [1.165, 1.54) is 12.1 Å². The van der Waals surface area contributed by atoms with Crippen LogP contribution >= 0.6 is 0 Å². The standard InChI is InChI=1S/C29H41N7O7S/c1-17(2)13-19(25(36-27(38)39)29(3,4)43-28(40)33-12-10-30)16-34-44(41,42)21-7-5-18(6-8-21)22-9-11-32-26-23(22)14-20(35-26)15-24(31)37/h5-9,11,14,17,19,25,34,36H,10,12-13,15-16,30H2,1-4H3,(H2,31,37)(H,32,35)(H,33,40)(H,38,39). The third kappa shape index (κ3) is 9.14. The van der Waals surface area contributed by atoms with Crippen LogP contribution in [0.25, 0.3) is 22.2 Å². The van der Waals surface area contributed by atoms with Crippen LogP contribution in [0.3, 0.4) is 0 Å². The molecule has 1 aromatic carbocycles. The molecule has 0 bridgehead atoms. The van der Waals surface area contributed by atoms with E-state index in [0.29, 0.717) is 17.8 Å². The molecule has 2 atom stereocenters. The summed E-state index contributed by atoms with van der Waals surface area (Å²) >= 11 is 0. The van der Waals surface area contributed by atoms with E-state index in [1.807, 2.05) is 13.8 Å². The van der Waals surface area contributed by atoms with Crippen molar-refractivity contribution < 1.29 is 32.6 Å². The topological polar surface area (TPSA) is 232 Å². The molecule has 0 aliphatic carbocycles. The largest absolute Gasteiger partial charge is 0.465 e. The Morgan fingerprint density at radius 1 is 1.14 bits per heavy atom. The van der Waals surface area contributed by atoms with Crippen LogP contribution < -0.4 is 26.8 Å². The molecular formula is C29H41N7O7S. The molecule has 0 fully saturated rings. The molecular weight excluding hydrogens is 590 g/mol. The zero-order valence-electron chi connectivity index (χ0n) is 25.2. The van der Waals surface area contributed by atoms with Crippen molar-refractivity contribution in [3.63, 3.8) is 0 Å². The van der Waals surface area contributed by atoms with Crippen LogP contribution in [0.5, 0.6) is 0 Å². The van der Waals surface area contributed by atoms with Crippen molar-refractivity contribution in [2.45, 2.75) is 57.1 Å². The van der Waals surface area contributed by atoms with Crippen LogP contribution in [0.15, 0.2) is 47.5 Å². The number of nitrogens with one attached hydrogen (secondary N) is 4. The number of hydrogen-bond donors (Lipinski definition) is 7. The fourth-order valence-electron chi connectivity index (χ4n) is 5.18. The first-order valence-corrected chi connectivity index (χ1v) is 15.6. The lowest BCUT2D eigenvalue weighted by Gasteiger charge is -2.39. The predicted molar refractivity (Wildman–Crippen MR) is 165 cm³/mol. The van der Waals surface area contributed by atoms with Gasteiger partial charge in [0.1, 0.15) is 11.2 Å². The van der Waals surface area contributed by atoms with Gasteiger partial charge in [-0.1, -0.05) is 26.0 Å². The van der Waals surface area contributed by atoms with Gasteiger partial charge in [-0.15, -0.1) is 0 Å². The molecule has 3 aromatic rings. The molecule has 240 valence electrons. The van der Waals surface area contributed by atoms with Crippen molar-refractivity contribution in [2.24, 2.45) is 23.3 Å². The number of sulfonamides is 1. The van der Waals surface area contributed by atoms with Crippen LogP contribution in [0, 0.1) is 11.8 Å². The highest BCUT2D eigenvalue weighted by atomic mass is 32.2. The smallest absolute Gasteiger partial charge is 0.407 e. The summed E-state index contributed by atoms with van der Waals surface area (Å²) in [5.74, 6) is -0.992. The number of fused-ring (bicyclic) bond motifs is 1. The van der Waals surface area contributed by atoms with E-state index in [2.05, 4.69) is 25.3 Å². The van der Waals surface area contributed by atoms with E-state index in [-0.39, 0.29) is 36.9 Å². The number of nitrogens with zero attached hydrogens (tertiary/aromatic N) is 1. The Hall–Kier alpha value is -4.21. The quantitative estimate of drug-likeness (QED) is 0.130. The number of primary amides is 1. The zero-order chi connectivity index (χ0) is 32.7. The van der Waals surface area contributed by atoms with Crippen LogP contribution in [0.2, 0.25) is 0 Å². The van der Waals surface area contributed by atoms with E-state index >= 15 is 0 Å². The molecule has 3 rings (SSSR count). The molecule has 0 radical (unpaired) electrons. The van der Waals surface area contributed by atoms with Gasteiger partial charge in [0, 0.05) is 36.9 Å². The Kier molecular flexibility index (Phi) is 11.3. The Labute approximate surface area is 256 Å². The summed E-state index contributed by atoms with van der Waals surface area (Å²) in [5, 5.41) is 15.3. The first kappa shape index (κ1) is 34.3. The van der Waals surface area contributed by atoms with Crippen LogP contribution in [-0.2, 0) is 26.0 Å². The number of aromatic amines is 1. The molecule has 0 spiro atoms. The highest BCUT2D eigenvalue weighted by Gasteiger charge is 2.41. The molecule has 3 amide bonds. The van der Waals surface area contributed by atoms with Crippen molar-refractivity contribution in [1.29, 1.82) is 0 Å². The van der Waals surface area contributed by atoms with E-state index in [9.17, 15) is 27.9 Å². The molecule has 15 heteroatoms. The zero-order valence-corrected chi connectivity index (χ0v) is 26.0. The summed E-state index contributed by atoms with van der Waals surface area (Å²) in [6.07, 6.45) is -0.0367. The normalized spacial score (nSPS) is 13.4. The lowest BCUT2D eigenvalue weighted by atomic mass is 9.82. The number of carbonyl (C=O) groups is 3. The number of benzene rings is 1. The lowest BCUT2D eigenvalue weighted by molar-refractivity contribution is -0.117. The molecule has 0 aliphatic heterocycles. The van der Waals surface area contributed by atoms with E-state index in [0.717, 1.165) is 16.5 Å². The molecule has 0 saturated carbocycles. The molecule has 2 heterocycles. The van der Waals surface area contributed by atoms with Gasteiger partial charge in [0.2, 0.25) is 15.9 Å². The Morgan fingerprint density at radius 3 is 2.41 bits per heavy atom. The molecule has 0 saturated heterocycles. The fourth-order valence-corrected chi connectivity index (χ4v) is 6.27. The highest BCUT2D eigenvalue weighted by molar-refractivity contribution is 7.89. The third-order valence-corrected chi connectivity index (χ3v) is 8.45.